The third-order valence-corrected chi connectivity index (χ3v) is 0. The van der Waals surface area contributed by atoms with Gasteiger partial charge < -0.3 is 13.8 Å². The first kappa shape index (κ1) is 78.6. The van der Waals surface area contributed by atoms with Gasteiger partial charge in [-0.05, 0) is 0 Å². The quantitative estimate of drug-likeness (QED) is 0.332. The zero-order valence-corrected chi connectivity index (χ0v) is 18.4. The van der Waals surface area contributed by atoms with Gasteiger partial charge in [0, 0.05) is 205 Å². The Kier molecular flexibility index (Phi) is 524. The van der Waals surface area contributed by atoms with Crippen molar-refractivity contribution in [1.82, 2.24) is 0 Å². The van der Waals surface area contributed by atoms with Crippen molar-refractivity contribution in [3.8, 4) is 0 Å². The van der Waals surface area contributed by atoms with Crippen LogP contribution in [0.5, 0.6) is 0 Å². The van der Waals surface area contributed by atoms with Crippen LogP contribution >= 0.6 is 0 Å². The molecular weight excluding hydrogens is 724 g/mol. The van der Waals surface area contributed by atoms with Crippen LogP contribution in [0.15, 0.2) is 0 Å². The van der Waals surface area contributed by atoms with E-state index < -0.39 is 0 Å². The molecule has 0 aromatic rings. The van der Waals surface area contributed by atoms with Crippen LogP contribution in [0.3, 0.4) is 0 Å². The Labute approximate surface area is 273 Å². The smallest absolute Gasteiger partial charge is 0.344 e. The molecule has 0 atom stereocenters. The van der Waals surface area contributed by atoms with Crippen molar-refractivity contribution in [2.24, 2.45) is 0 Å². The molecule has 105 valence electrons. The minimum atomic E-state index is 0. The van der Waals surface area contributed by atoms with E-state index in [0.717, 1.165) is 12.8 Å². The Morgan fingerprint density at radius 3 is 0.733 bits per heavy atom. The maximum atomic E-state index is 3.49. The fourth-order valence-corrected chi connectivity index (χ4v) is 0. The summed E-state index contributed by atoms with van der Waals surface area (Å²) in [6.07, 6.45) is 2.00. The van der Waals surface area contributed by atoms with Gasteiger partial charge in [0.15, 0.2) is 0 Å². The third-order valence-electron chi connectivity index (χ3n) is 0. The van der Waals surface area contributed by atoms with Crippen LogP contribution in [0.25, 0.3) is 0 Å². The van der Waals surface area contributed by atoms with Crippen LogP contribution in [0.4, 0.5) is 0 Å². The summed E-state index contributed by atoms with van der Waals surface area (Å²) in [5.74, 6) is 0. The van der Waals surface area contributed by atoms with E-state index in [2.05, 4.69) is 13.8 Å². The van der Waals surface area contributed by atoms with Gasteiger partial charge in [0.05, 0.1) is 0 Å². The van der Waals surface area contributed by atoms with Crippen molar-refractivity contribution in [2.75, 3.05) is 0 Å². The summed E-state index contributed by atoms with van der Waals surface area (Å²) in [6.45, 7) is 11.0. The second kappa shape index (κ2) is 100.0. The topological polar surface area (TPSA) is 0 Å². The zero-order valence-electron chi connectivity index (χ0n) is 7.54. The molecule has 1 radical (unpaired) electrons. The monoisotopic (exact) mass is 746 g/mol. The maximum absolute atomic E-state index is 3.49. The summed E-state index contributed by atoms with van der Waals surface area (Å²) in [6, 6.07) is 0. The van der Waals surface area contributed by atoms with Crippen LogP contribution in [0, 0.1) is 165 Å². The Hall–Kier alpha value is 7.52. The Balaban J connectivity index is -0.00000000148. The molecule has 7 heteroatoms. The molecular formula is C8H22Ar4PtWY. The molecule has 0 aromatic heterocycles. The van der Waals surface area contributed by atoms with Crippen LogP contribution in [0.2, 0.25) is 0 Å². The van der Waals surface area contributed by atoms with Gasteiger partial charge in [0.2, 0.25) is 0 Å². The Morgan fingerprint density at radius 2 is 0.733 bits per heavy atom. The second-order valence-electron chi connectivity index (χ2n) is 1.000. The van der Waals surface area contributed by atoms with Crippen molar-refractivity contribution in [3.63, 3.8) is 0 Å². The third kappa shape index (κ3) is 145. The van der Waals surface area contributed by atoms with Gasteiger partial charge in [-0.1, -0.05) is 28.7 Å². The summed E-state index contributed by atoms with van der Waals surface area (Å²) in [5, 5.41) is 0. The molecule has 0 aliphatic rings. The number of hydrogen-bond donors (Lipinski definition) is 0. The van der Waals surface area contributed by atoms with Crippen molar-refractivity contribution in [1.29, 1.82) is 0 Å². The van der Waals surface area contributed by atoms with Crippen molar-refractivity contribution in [3.05, 3.63) is 13.8 Å². The van der Waals surface area contributed by atoms with Gasteiger partial charge in [-0.15, -0.1) is 0 Å². The normalized spacial score (nSPS) is 2.40. The summed E-state index contributed by atoms with van der Waals surface area (Å²) in [5.41, 5.74) is 0. The molecule has 0 unspecified atom stereocenters. The van der Waals surface area contributed by atoms with E-state index in [4.69, 9.17) is 0 Å². The number of hydrogen-bond acceptors (Lipinski definition) is 0. The van der Waals surface area contributed by atoms with E-state index in [9.17, 15) is 0 Å². The van der Waals surface area contributed by atoms with E-state index in [0.29, 0.717) is 0 Å². The predicted octanol–water partition coefficient (Wildman–Crippen LogP) is 3.73. The molecule has 0 saturated heterocycles. The second-order valence-corrected chi connectivity index (χ2v) is 1.000. The van der Waals surface area contributed by atoms with Crippen molar-refractivity contribution < 1.29 is 226 Å². The number of rotatable bonds is 0. The summed E-state index contributed by atoms with van der Waals surface area (Å²) < 4.78 is 0. The van der Waals surface area contributed by atoms with E-state index in [1.165, 1.54) is 0 Å². The van der Waals surface area contributed by atoms with Crippen molar-refractivity contribution in [2.45, 2.75) is 41.5 Å². The maximum Gasteiger partial charge on any atom is 2.00 e. The van der Waals surface area contributed by atoms with Gasteiger partial charge in [0.1, 0.15) is 0 Å². The fraction of sp³-hybridized carbons (Fsp3) is 0.750. The SMILES string of the molecule is C.C.[Ar].[Ar].[Ar].[Ar].[CH2-]CC.[CH2-]CC.[Pt+2].[W].[Y]. The predicted molar refractivity (Wildman–Crippen MR) is 44.8 cm³/mol. The van der Waals surface area contributed by atoms with Crippen LogP contribution in [0.1, 0.15) is 41.5 Å². The molecule has 15 heavy (non-hydrogen) atoms. The van der Waals surface area contributed by atoms with Crippen LogP contribution in [-0.4, -0.2) is 0 Å². The minimum Gasteiger partial charge on any atom is -0.344 e. The van der Waals surface area contributed by atoms with E-state index >= 15 is 0 Å². The first-order valence-electron chi connectivity index (χ1n) is 2.41. The molecule has 0 heterocycles. The molecule has 0 N–H and O–H groups in total. The van der Waals surface area contributed by atoms with Crippen LogP contribution < -0.4 is 0 Å². The first-order valence-corrected chi connectivity index (χ1v) is 2.41. The average Bonchev–Trinajstić information content (AvgIpc) is 1.39. The molecule has 0 aromatic carbocycles. The summed E-state index contributed by atoms with van der Waals surface area (Å²) in [4.78, 5) is 0. The molecule has 0 spiro atoms. The molecule has 0 saturated carbocycles. The first-order chi connectivity index (χ1) is 2.83. The van der Waals surface area contributed by atoms with Gasteiger partial charge in [-0.25, -0.2) is 0 Å². The minimum absolute atomic E-state index is 0. The molecule has 0 fully saturated rings. The van der Waals surface area contributed by atoms with Gasteiger partial charge in [-0.3, -0.25) is 0 Å². The van der Waals surface area contributed by atoms with Crippen molar-refractivity contribution >= 4 is 0 Å². The average molecular weight is 746 g/mol. The molecule has 0 nitrogen and oxygen atoms in total. The summed E-state index contributed by atoms with van der Waals surface area (Å²) in [7, 11) is 0. The Morgan fingerprint density at radius 1 is 0.733 bits per heavy atom. The Bertz CT molecular complexity index is 28.6. The molecule has 0 rings (SSSR count). The van der Waals surface area contributed by atoms with Crippen LogP contribution in [-0.2, 0) is 74.8 Å². The van der Waals surface area contributed by atoms with Gasteiger partial charge >= 0.3 is 21.1 Å². The van der Waals surface area contributed by atoms with Gasteiger partial charge in [0.25, 0.3) is 0 Å². The van der Waals surface area contributed by atoms with E-state index in [1.54, 1.807) is 0 Å². The van der Waals surface area contributed by atoms with Gasteiger partial charge in [-0.2, -0.15) is 12.8 Å². The molecule has 0 bridgehead atoms. The molecule has 0 aliphatic carbocycles. The zero-order chi connectivity index (χ0) is 5.41. The van der Waals surface area contributed by atoms with E-state index in [-0.39, 0.29) is 241 Å². The largest absolute Gasteiger partial charge is 2.00 e. The molecule has 0 aliphatic heterocycles. The fourth-order valence-electron chi connectivity index (χ4n) is 0. The summed E-state index contributed by atoms with van der Waals surface area (Å²) >= 11 is 0. The molecule has 0 amide bonds. The standard InChI is InChI=1S/2C3H7.2CH4.4Ar.Pt.W.Y/c2*1-3-2;;;;;;;;;/h2*1,3H2,2H3;2*1H4;;;;;;;/q2*-1;;;;;;;+2;;. The van der Waals surface area contributed by atoms with E-state index in [1.807, 2.05) is 13.8 Å².